The molecule has 3 nitrogen and oxygen atoms in total. The Balaban J connectivity index is 1.74. The highest BCUT2D eigenvalue weighted by Gasteiger charge is 2.60. The third kappa shape index (κ3) is 1.63. The molecule has 6 atom stereocenters. The van der Waals surface area contributed by atoms with Crippen LogP contribution in [0.3, 0.4) is 0 Å². The van der Waals surface area contributed by atoms with Gasteiger partial charge in [-0.3, -0.25) is 9.59 Å². The van der Waals surface area contributed by atoms with Crippen molar-refractivity contribution in [1.29, 1.82) is 0 Å². The molecule has 3 heteroatoms. The lowest BCUT2D eigenvalue weighted by atomic mass is 9.51. The molecule has 4 rings (SSSR count). The highest BCUT2D eigenvalue weighted by Crippen LogP contribution is 2.58. The fourth-order valence-electron chi connectivity index (χ4n) is 5.74. The van der Waals surface area contributed by atoms with Crippen molar-refractivity contribution in [2.24, 2.45) is 35.5 Å². The van der Waals surface area contributed by atoms with Gasteiger partial charge in [0.2, 0.25) is 0 Å². The number of ether oxygens (including phenoxy) is 1. The van der Waals surface area contributed by atoms with E-state index >= 15 is 0 Å². The lowest BCUT2D eigenvalue weighted by Crippen LogP contribution is -2.49. The molecule has 0 radical (unpaired) electrons. The van der Waals surface area contributed by atoms with E-state index in [4.69, 9.17) is 4.74 Å². The number of carbonyl (C=O) groups is 2. The van der Waals surface area contributed by atoms with Crippen molar-refractivity contribution in [3.05, 3.63) is 0 Å². The highest BCUT2D eigenvalue weighted by molar-refractivity contribution is 5.97. The predicted octanol–water partition coefficient (Wildman–Crippen LogP) is 2.93. The van der Waals surface area contributed by atoms with Crippen LogP contribution in [0.2, 0.25) is 0 Å². The topological polar surface area (TPSA) is 43.4 Å². The molecule has 0 aromatic heterocycles. The fourth-order valence-corrected chi connectivity index (χ4v) is 5.74. The third-order valence-corrected chi connectivity index (χ3v) is 6.35. The molecule has 4 fully saturated rings. The number of fused-ring (bicyclic) bond motifs is 6. The molecule has 1 saturated heterocycles. The molecule has 0 amide bonds. The van der Waals surface area contributed by atoms with Crippen molar-refractivity contribution in [1.82, 2.24) is 0 Å². The van der Waals surface area contributed by atoms with Crippen LogP contribution < -0.4 is 0 Å². The van der Waals surface area contributed by atoms with Gasteiger partial charge >= 0.3 is 11.9 Å². The van der Waals surface area contributed by atoms with E-state index in [1.807, 2.05) is 0 Å². The van der Waals surface area contributed by atoms with Crippen LogP contribution in [-0.2, 0) is 14.3 Å². The summed E-state index contributed by atoms with van der Waals surface area (Å²) in [6.07, 6.45) is 9.89. The summed E-state index contributed by atoms with van der Waals surface area (Å²) in [5.41, 5.74) is 0. The Hall–Kier alpha value is -0.860. The SMILES string of the molecule is O=C1OC(=O)[C@H]2[C@H]3CCCC[C@H]3[C@H]3CCCC[C@H]3[C@@H]12. The zero-order valence-corrected chi connectivity index (χ0v) is 11.3. The van der Waals surface area contributed by atoms with Crippen molar-refractivity contribution >= 4 is 11.9 Å². The van der Waals surface area contributed by atoms with Crippen molar-refractivity contribution in [3.8, 4) is 0 Å². The summed E-state index contributed by atoms with van der Waals surface area (Å²) in [5.74, 6) is 1.70. The summed E-state index contributed by atoms with van der Waals surface area (Å²) in [4.78, 5) is 24.2. The number of hydrogen-bond donors (Lipinski definition) is 0. The van der Waals surface area contributed by atoms with Crippen molar-refractivity contribution in [2.75, 3.05) is 0 Å². The zero-order chi connectivity index (χ0) is 13.0. The average Bonchev–Trinajstić information content (AvgIpc) is 2.75. The molecular weight excluding hydrogens is 240 g/mol. The van der Waals surface area contributed by atoms with Crippen LogP contribution in [0.15, 0.2) is 0 Å². The number of rotatable bonds is 0. The minimum absolute atomic E-state index is 0.0860. The van der Waals surface area contributed by atoms with E-state index in [0.717, 1.165) is 12.8 Å². The molecule has 0 unspecified atom stereocenters. The summed E-state index contributed by atoms with van der Waals surface area (Å²) in [6, 6.07) is 0. The Morgan fingerprint density at radius 2 is 1.00 bits per heavy atom. The zero-order valence-electron chi connectivity index (χ0n) is 11.3. The minimum atomic E-state index is -0.198. The van der Waals surface area contributed by atoms with Gasteiger partial charge in [-0.05, 0) is 49.4 Å². The third-order valence-electron chi connectivity index (χ3n) is 6.35. The summed E-state index contributed by atoms with van der Waals surface area (Å²) in [7, 11) is 0. The van der Waals surface area contributed by atoms with Crippen LogP contribution in [0.1, 0.15) is 51.4 Å². The molecule has 104 valence electrons. The predicted molar refractivity (Wildman–Crippen MR) is 69.0 cm³/mol. The molecule has 0 bridgehead atoms. The first-order valence-electron chi connectivity index (χ1n) is 8.03. The molecule has 1 heterocycles. The summed E-state index contributed by atoms with van der Waals surface area (Å²) in [6.45, 7) is 0. The Morgan fingerprint density at radius 1 is 0.632 bits per heavy atom. The molecule has 3 aliphatic carbocycles. The van der Waals surface area contributed by atoms with Crippen LogP contribution in [0.5, 0.6) is 0 Å². The lowest BCUT2D eigenvalue weighted by molar-refractivity contribution is -0.154. The van der Waals surface area contributed by atoms with Gasteiger partial charge in [-0.1, -0.05) is 25.7 Å². The number of carbonyl (C=O) groups excluding carboxylic acids is 2. The maximum atomic E-state index is 12.1. The van der Waals surface area contributed by atoms with E-state index in [9.17, 15) is 9.59 Å². The van der Waals surface area contributed by atoms with Crippen molar-refractivity contribution in [2.45, 2.75) is 51.4 Å². The molecule has 4 aliphatic rings. The molecule has 19 heavy (non-hydrogen) atoms. The van der Waals surface area contributed by atoms with E-state index in [1.165, 1.54) is 38.5 Å². The molecular formula is C16H22O3. The normalized spacial score (nSPS) is 49.1. The molecule has 0 N–H and O–H groups in total. The Kier molecular flexibility index (Phi) is 2.71. The van der Waals surface area contributed by atoms with Crippen LogP contribution in [0.25, 0.3) is 0 Å². The molecule has 0 aromatic rings. The highest BCUT2D eigenvalue weighted by atomic mass is 16.6. The molecule has 3 saturated carbocycles. The number of esters is 2. The first-order valence-corrected chi connectivity index (χ1v) is 8.03. The first kappa shape index (κ1) is 11.9. The molecule has 1 aliphatic heterocycles. The maximum Gasteiger partial charge on any atom is 0.317 e. The monoisotopic (exact) mass is 262 g/mol. The summed E-state index contributed by atoms with van der Waals surface area (Å²) >= 11 is 0. The van der Waals surface area contributed by atoms with Gasteiger partial charge in [-0.15, -0.1) is 0 Å². The van der Waals surface area contributed by atoms with Gasteiger partial charge in [-0.2, -0.15) is 0 Å². The van der Waals surface area contributed by atoms with Crippen molar-refractivity contribution in [3.63, 3.8) is 0 Å². The minimum Gasteiger partial charge on any atom is -0.393 e. The van der Waals surface area contributed by atoms with Crippen molar-refractivity contribution < 1.29 is 14.3 Å². The van der Waals surface area contributed by atoms with Gasteiger partial charge in [0, 0.05) is 0 Å². The van der Waals surface area contributed by atoms with E-state index in [0.29, 0.717) is 23.7 Å². The Bertz CT molecular complexity index is 378. The maximum absolute atomic E-state index is 12.1. The van der Waals surface area contributed by atoms with E-state index < -0.39 is 0 Å². The Labute approximate surface area is 114 Å². The van der Waals surface area contributed by atoms with Gasteiger partial charge in [0.15, 0.2) is 0 Å². The summed E-state index contributed by atoms with van der Waals surface area (Å²) < 4.78 is 5.03. The largest absolute Gasteiger partial charge is 0.393 e. The van der Waals surface area contributed by atoms with Crippen LogP contribution in [0, 0.1) is 35.5 Å². The number of cyclic esters (lactones) is 2. The van der Waals surface area contributed by atoms with E-state index in [-0.39, 0.29) is 23.8 Å². The lowest BCUT2D eigenvalue weighted by Gasteiger charge is -2.51. The molecule has 0 spiro atoms. The van der Waals surface area contributed by atoms with Gasteiger partial charge < -0.3 is 4.74 Å². The van der Waals surface area contributed by atoms with Crippen LogP contribution in [0.4, 0.5) is 0 Å². The smallest absolute Gasteiger partial charge is 0.317 e. The van der Waals surface area contributed by atoms with Crippen LogP contribution in [-0.4, -0.2) is 11.9 Å². The van der Waals surface area contributed by atoms with Crippen LogP contribution >= 0.6 is 0 Å². The van der Waals surface area contributed by atoms with Gasteiger partial charge in [-0.25, -0.2) is 0 Å². The van der Waals surface area contributed by atoms with Gasteiger partial charge in [0.05, 0.1) is 11.8 Å². The Morgan fingerprint density at radius 3 is 1.42 bits per heavy atom. The fraction of sp³-hybridized carbons (Fsp3) is 0.875. The quantitative estimate of drug-likeness (QED) is 0.498. The first-order chi connectivity index (χ1) is 9.27. The number of hydrogen-bond acceptors (Lipinski definition) is 3. The van der Waals surface area contributed by atoms with Gasteiger partial charge in [0.1, 0.15) is 0 Å². The average molecular weight is 262 g/mol. The second-order valence-corrected chi connectivity index (χ2v) is 7.02. The van der Waals surface area contributed by atoms with E-state index in [2.05, 4.69) is 0 Å². The standard InChI is InChI=1S/C16H22O3/c17-15-13-11-7-3-1-5-9(11)10-6-2-4-8-12(10)14(13)16(18)19-15/h9-14H,1-8H2/t9-,10+,11-,12+,13-,14+. The van der Waals surface area contributed by atoms with Gasteiger partial charge in [0.25, 0.3) is 0 Å². The van der Waals surface area contributed by atoms with E-state index in [1.54, 1.807) is 0 Å². The second kappa shape index (κ2) is 4.32. The second-order valence-electron chi connectivity index (χ2n) is 7.02. The molecule has 0 aromatic carbocycles. The summed E-state index contributed by atoms with van der Waals surface area (Å²) in [5, 5.41) is 0.